The molecule has 0 heterocycles. The second-order valence-electron chi connectivity index (χ2n) is 8.98. The molecule has 0 amide bonds. The minimum atomic E-state index is -0.913. The fraction of sp³-hybridized carbons (Fsp3) is 0.308. The highest BCUT2D eigenvalue weighted by atomic mass is 14.7. The maximum Gasteiger partial charge on any atom is 0.0860 e. The molecule has 0 radical (unpaired) electrons. The number of hydrogen-bond acceptors (Lipinski definition) is 0. The van der Waals surface area contributed by atoms with Crippen molar-refractivity contribution in [2.45, 2.75) is 52.4 Å². The number of rotatable bonds is 6. The number of hydrogen-bond donors (Lipinski definition) is 1. The van der Waals surface area contributed by atoms with E-state index in [4.69, 9.17) is 0 Å². The highest BCUT2D eigenvalue weighted by Crippen LogP contribution is 2.16. The average molecular weight is 373 g/mol. The summed E-state index contributed by atoms with van der Waals surface area (Å²) in [5.74, 6) is 0. The molecule has 3 rings (SSSR count). The largest absolute Gasteiger partial charge is 0.353 e. The molecule has 0 unspecified atom stereocenters. The summed E-state index contributed by atoms with van der Waals surface area (Å²) in [6.07, 6.45) is 2.73. The van der Waals surface area contributed by atoms with Crippen LogP contribution in [0.4, 0.5) is 0 Å². The van der Waals surface area contributed by atoms with Gasteiger partial charge in [-0.15, -0.1) is 0 Å². The second kappa shape index (κ2) is 10.3. The van der Waals surface area contributed by atoms with Gasteiger partial charge in [-0.3, -0.25) is 0 Å². The van der Waals surface area contributed by atoms with Crippen molar-refractivity contribution in [3.63, 3.8) is 0 Å². The zero-order chi connectivity index (χ0) is 20.5. The van der Waals surface area contributed by atoms with E-state index in [1.54, 1.807) is 0 Å². The summed E-state index contributed by atoms with van der Waals surface area (Å²) < 4.78 is 0. The van der Waals surface area contributed by atoms with Gasteiger partial charge in [0.05, 0.1) is 11.7 Å². The van der Waals surface area contributed by atoms with Gasteiger partial charge < -0.3 is 5.73 Å². The van der Waals surface area contributed by atoms with Crippen LogP contribution in [-0.2, 0) is 0 Å². The van der Waals surface area contributed by atoms with Crippen molar-refractivity contribution in [2.24, 2.45) is 0 Å². The van der Waals surface area contributed by atoms with Crippen LogP contribution in [0.25, 0.3) is 0 Å². The van der Waals surface area contributed by atoms with E-state index < -0.39 is 6.15 Å². The van der Waals surface area contributed by atoms with E-state index in [2.05, 4.69) is 124 Å². The first kappa shape index (κ1) is 22.0. The zero-order valence-electron chi connectivity index (χ0n) is 18.1. The molecule has 3 N–H and O–H groups in total. The molecule has 0 fully saturated rings. The Morgan fingerprint density at radius 1 is 0.643 bits per heavy atom. The molecule has 0 aliphatic heterocycles. The van der Waals surface area contributed by atoms with E-state index >= 15 is 0 Å². The van der Waals surface area contributed by atoms with Gasteiger partial charge in [-0.2, -0.15) is 22.7 Å². The fourth-order valence-electron chi connectivity index (χ4n) is 3.93. The molecule has 28 heavy (non-hydrogen) atoms. The van der Waals surface area contributed by atoms with Crippen molar-refractivity contribution >= 4 is 22.5 Å². The Kier molecular flexibility index (Phi) is 8.08. The van der Waals surface area contributed by atoms with Crippen molar-refractivity contribution in [2.75, 3.05) is 0 Å². The van der Waals surface area contributed by atoms with Crippen molar-refractivity contribution < 1.29 is 5.73 Å². The van der Waals surface area contributed by atoms with Crippen LogP contribution in [0.5, 0.6) is 0 Å². The first-order chi connectivity index (χ1) is 13.4. The highest BCUT2D eigenvalue weighted by Gasteiger charge is 2.28. The SMILES string of the molecule is CC(C)(C)[NH3+].CCCC[B-](c1ccccc1)(c1ccccc1)c1ccccc1. The van der Waals surface area contributed by atoms with Crippen LogP contribution in [0.2, 0.25) is 6.32 Å². The zero-order valence-corrected chi connectivity index (χ0v) is 18.1. The monoisotopic (exact) mass is 373 g/mol. The molecule has 0 bridgehead atoms. The lowest BCUT2D eigenvalue weighted by molar-refractivity contribution is -0.458. The van der Waals surface area contributed by atoms with Gasteiger partial charge in [0.1, 0.15) is 0 Å². The molecular formula is C26H36BN. The predicted octanol–water partition coefficient (Wildman–Crippen LogP) is 3.98. The summed E-state index contributed by atoms with van der Waals surface area (Å²) in [4.78, 5) is 0. The van der Waals surface area contributed by atoms with Crippen LogP contribution in [-0.4, -0.2) is 11.7 Å². The van der Waals surface area contributed by atoms with E-state index in [1.165, 1.54) is 35.6 Å². The molecule has 0 spiro atoms. The molecule has 3 aromatic rings. The minimum Gasteiger partial charge on any atom is -0.353 e. The van der Waals surface area contributed by atoms with E-state index in [9.17, 15) is 0 Å². The van der Waals surface area contributed by atoms with Crippen molar-refractivity contribution in [1.29, 1.82) is 0 Å². The third-order valence-electron chi connectivity index (χ3n) is 5.10. The number of benzene rings is 3. The maximum atomic E-state index is 3.77. The molecule has 2 heteroatoms. The summed E-state index contributed by atoms with van der Waals surface area (Å²) in [7, 11) is 0. The summed E-state index contributed by atoms with van der Waals surface area (Å²) >= 11 is 0. The number of quaternary nitrogens is 1. The van der Waals surface area contributed by atoms with Gasteiger partial charge in [-0.05, 0) is 20.8 Å². The van der Waals surface area contributed by atoms with Gasteiger partial charge in [-0.1, -0.05) is 111 Å². The van der Waals surface area contributed by atoms with Gasteiger partial charge in [0.15, 0.2) is 0 Å². The van der Waals surface area contributed by atoms with Crippen LogP contribution < -0.4 is 22.1 Å². The molecule has 0 aliphatic carbocycles. The molecule has 3 aromatic carbocycles. The first-order valence-electron chi connectivity index (χ1n) is 10.6. The lowest BCUT2D eigenvalue weighted by Gasteiger charge is -2.43. The summed E-state index contributed by atoms with van der Waals surface area (Å²) in [5.41, 5.74) is 8.35. The van der Waals surface area contributed by atoms with E-state index in [1.807, 2.05) is 0 Å². The molecule has 0 aliphatic rings. The molecule has 0 saturated carbocycles. The van der Waals surface area contributed by atoms with Crippen molar-refractivity contribution in [3.05, 3.63) is 91.0 Å². The lowest BCUT2D eigenvalue weighted by Crippen LogP contribution is -2.67. The molecule has 0 saturated heterocycles. The van der Waals surface area contributed by atoms with Crippen LogP contribution in [0, 0.1) is 0 Å². The standard InChI is InChI=1S/C22H24B.C4H11N/c1-2-3-19-23(20-13-7-4-8-14-20,21-15-9-5-10-16-21)22-17-11-6-12-18-22;1-4(2,3)5/h4-18H,2-3,19H2,1H3;5H2,1-3H3/q-1;/p+1. The van der Waals surface area contributed by atoms with Gasteiger partial charge in [-0.25, -0.2) is 0 Å². The van der Waals surface area contributed by atoms with Gasteiger partial charge >= 0.3 is 0 Å². The highest BCUT2D eigenvalue weighted by molar-refractivity contribution is 7.11. The van der Waals surface area contributed by atoms with E-state index in [0.29, 0.717) is 0 Å². The Hall–Kier alpha value is -2.32. The normalized spacial score (nSPS) is 11.5. The lowest BCUT2D eigenvalue weighted by atomic mass is 9.14. The minimum absolute atomic E-state index is 0.250. The van der Waals surface area contributed by atoms with E-state index in [-0.39, 0.29) is 5.54 Å². The second-order valence-corrected chi connectivity index (χ2v) is 8.98. The Labute approximate surface area is 171 Å². The van der Waals surface area contributed by atoms with Crippen molar-refractivity contribution in [3.8, 4) is 0 Å². The summed E-state index contributed by atoms with van der Waals surface area (Å²) in [5, 5.41) is 0. The quantitative estimate of drug-likeness (QED) is 0.633. The van der Waals surface area contributed by atoms with E-state index in [0.717, 1.165) is 0 Å². The van der Waals surface area contributed by atoms with Crippen LogP contribution in [0.1, 0.15) is 40.5 Å². The fourth-order valence-corrected chi connectivity index (χ4v) is 3.93. The maximum absolute atomic E-state index is 3.77. The first-order valence-corrected chi connectivity index (χ1v) is 10.6. The molecule has 0 aromatic heterocycles. The van der Waals surface area contributed by atoms with Crippen LogP contribution >= 0.6 is 0 Å². The summed E-state index contributed by atoms with van der Waals surface area (Å²) in [6, 6.07) is 33.2. The van der Waals surface area contributed by atoms with Crippen LogP contribution in [0.15, 0.2) is 91.0 Å². The average Bonchev–Trinajstić information content (AvgIpc) is 2.70. The Balaban J connectivity index is 0.000000500. The molecule has 148 valence electrons. The smallest absolute Gasteiger partial charge is 0.0860 e. The third-order valence-corrected chi connectivity index (χ3v) is 5.10. The number of unbranched alkanes of at least 4 members (excludes halogenated alkanes) is 1. The Bertz CT molecular complexity index is 689. The van der Waals surface area contributed by atoms with Gasteiger partial charge in [0.2, 0.25) is 0 Å². The third kappa shape index (κ3) is 6.10. The van der Waals surface area contributed by atoms with Crippen LogP contribution in [0.3, 0.4) is 0 Å². The summed E-state index contributed by atoms with van der Waals surface area (Å²) in [6.45, 7) is 8.51. The Morgan fingerprint density at radius 2 is 0.929 bits per heavy atom. The van der Waals surface area contributed by atoms with Gasteiger partial charge in [0.25, 0.3) is 0 Å². The molecular weight excluding hydrogens is 337 g/mol. The predicted molar refractivity (Wildman–Crippen MR) is 126 cm³/mol. The molecule has 1 nitrogen and oxygen atoms in total. The van der Waals surface area contributed by atoms with Crippen molar-refractivity contribution in [1.82, 2.24) is 0 Å². The topological polar surface area (TPSA) is 27.6 Å². The van der Waals surface area contributed by atoms with Gasteiger partial charge in [0, 0.05) is 0 Å². The Morgan fingerprint density at radius 3 is 1.18 bits per heavy atom. The molecule has 0 atom stereocenters.